The monoisotopic (exact) mass is 902 g/mol. The van der Waals surface area contributed by atoms with E-state index in [0.717, 1.165) is 12.1 Å². The van der Waals surface area contributed by atoms with Crippen LogP contribution in [0.3, 0.4) is 0 Å². The summed E-state index contributed by atoms with van der Waals surface area (Å²) in [6.07, 6.45) is -34.0. The van der Waals surface area contributed by atoms with E-state index in [1.54, 1.807) is 0 Å². The second-order valence-corrected chi connectivity index (χ2v) is 15.7. The maximum atomic E-state index is 14.5. The van der Waals surface area contributed by atoms with Gasteiger partial charge < -0.3 is 114 Å². The highest BCUT2D eigenvalue weighted by atomic mass is 16.8. The van der Waals surface area contributed by atoms with Gasteiger partial charge >= 0.3 is 0 Å². The third-order valence-corrected chi connectivity index (χ3v) is 11.3. The number of aliphatic hydroxyl groups excluding tert-OH is 12. The number of aromatic hydroxyl groups is 2. The van der Waals surface area contributed by atoms with Crippen LogP contribution in [0.2, 0.25) is 0 Å². The maximum Gasteiger partial charge on any atom is 0.239 e. The van der Waals surface area contributed by atoms with Gasteiger partial charge in [-0.25, -0.2) is 0 Å². The van der Waals surface area contributed by atoms with Gasteiger partial charge in [0.05, 0.1) is 25.4 Å². The molecule has 4 aliphatic rings. The Labute approximate surface area is 355 Å². The molecule has 20 atom stereocenters. The van der Waals surface area contributed by atoms with Crippen molar-refractivity contribution in [3.05, 3.63) is 46.6 Å². The fourth-order valence-electron chi connectivity index (χ4n) is 7.56. The van der Waals surface area contributed by atoms with E-state index in [-0.39, 0.29) is 22.6 Å². The highest BCUT2D eigenvalue weighted by Gasteiger charge is 2.52. The Morgan fingerprint density at radius 3 is 1.78 bits per heavy atom. The van der Waals surface area contributed by atoms with E-state index in [1.165, 1.54) is 38.1 Å². The first-order valence-corrected chi connectivity index (χ1v) is 19.8. The summed E-state index contributed by atoms with van der Waals surface area (Å²) in [5.41, 5.74) is -1.46. The lowest BCUT2D eigenvalue weighted by molar-refractivity contribution is -0.360. The molecule has 24 heteroatoms. The van der Waals surface area contributed by atoms with E-state index in [9.17, 15) is 76.3 Å². The van der Waals surface area contributed by atoms with Crippen molar-refractivity contribution in [1.29, 1.82) is 0 Å². The zero-order chi connectivity index (χ0) is 45.8. The molecule has 0 saturated carbocycles. The molecule has 14 N–H and O–H groups in total. The first kappa shape index (κ1) is 47.1. The Kier molecular flexibility index (Phi) is 14.1. The number of rotatable bonds is 11. The minimum Gasteiger partial charge on any atom is -0.508 e. The first-order chi connectivity index (χ1) is 29.8. The molecule has 3 aromatic rings. The molecule has 0 amide bonds. The zero-order valence-electron chi connectivity index (χ0n) is 33.3. The third-order valence-electron chi connectivity index (χ3n) is 11.3. The van der Waals surface area contributed by atoms with Crippen LogP contribution in [-0.2, 0) is 28.4 Å². The van der Waals surface area contributed by atoms with E-state index in [2.05, 4.69) is 0 Å². The SMILES string of the molecule is C[C@@H]1O[C@H](O[C@H]2[C@H](Oc3c(-c4ccc(O)cc4)oc4cc(O[C@@H]5O[C@@H](CO)[C@@H](O)[C@H](O)[C@@H]5O)cc(O)c4c3=O)O[C@H](CO[C@@H]3O[C@@H](C)[C@H](O)[C@H](O)[C@H]3O)[C@H](O)[C@@H]2O)[C@H](O)[C@H](O)[C@H]1O. The van der Waals surface area contributed by atoms with Crippen molar-refractivity contribution in [3.63, 3.8) is 0 Å². The Morgan fingerprint density at radius 2 is 1.14 bits per heavy atom. The molecule has 5 heterocycles. The molecule has 0 bridgehead atoms. The van der Waals surface area contributed by atoms with Gasteiger partial charge in [0.25, 0.3) is 0 Å². The summed E-state index contributed by atoms with van der Waals surface area (Å²) in [6.45, 7) is 1.24. The van der Waals surface area contributed by atoms with E-state index >= 15 is 0 Å². The van der Waals surface area contributed by atoms with Crippen LogP contribution < -0.4 is 14.9 Å². The van der Waals surface area contributed by atoms with E-state index in [1.807, 2.05) is 0 Å². The van der Waals surface area contributed by atoms with Crippen molar-refractivity contribution in [2.75, 3.05) is 13.2 Å². The van der Waals surface area contributed by atoms with Crippen LogP contribution in [0, 0.1) is 0 Å². The number of benzene rings is 2. The molecule has 4 fully saturated rings. The highest BCUT2D eigenvalue weighted by Crippen LogP contribution is 2.40. The molecular formula is C39H50O24. The largest absolute Gasteiger partial charge is 0.508 e. The van der Waals surface area contributed by atoms with Crippen molar-refractivity contribution in [1.82, 2.24) is 0 Å². The van der Waals surface area contributed by atoms with Gasteiger partial charge in [-0.15, -0.1) is 0 Å². The number of aliphatic hydroxyl groups is 12. The van der Waals surface area contributed by atoms with Crippen molar-refractivity contribution in [2.45, 2.75) is 137 Å². The molecule has 0 unspecified atom stereocenters. The van der Waals surface area contributed by atoms with Crippen LogP contribution in [-0.4, -0.2) is 208 Å². The summed E-state index contributed by atoms with van der Waals surface area (Å²) < 4.78 is 51.8. The van der Waals surface area contributed by atoms with Gasteiger partial charge in [-0.3, -0.25) is 4.79 Å². The molecule has 4 aliphatic heterocycles. The van der Waals surface area contributed by atoms with Crippen molar-refractivity contribution < 1.29 is 114 Å². The maximum absolute atomic E-state index is 14.5. The Bertz CT molecular complexity index is 2080. The summed E-state index contributed by atoms with van der Waals surface area (Å²) in [4.78, 5) is 14.5. The number of ether oxygens (including phenoxy) is 8. The molecule has 0 radical (unpaired) electrons. The average molecular weight is 903 g/mol. The quantitative estimate of drug-likeness (QED) is 0.0856. The van der Waals surface area contributed by atoms with Crippen LogP contribution in [0.15, 0.2) is 45.6 Å². The van der Waals surface area contributed by atoms with E-state index in [0.29, 0.717) is 0 Å². The van der Waals surface area contributed by atoms with E-state index < -0.39 is 164 Å². The van der Waals surface area contributed by atoms with Gasteiger partial charge in [-0.1, -0.05) is 0 Å². The lowest BCUT2D eigenvalue weighted by Gasteiger charge is -2.46. The average Bonchev–Trinajstić information content (AvgIpc) is 3.25. The predicted octanol–water partition coefficient (Wildman–Crippen LogP) is -5.07. The Balaban J connectivity index is 1.27. The smallest absolute Gasteiger partial charge is 0.239 e. The van der Waals surface area contributed by atoms with Gasteiger partial charge in [-0.05, 0) is 38.1 Å². The molecule has 4 saturated heterocycles. The molecule has 24 nitrogen and oxygen atoms in total. The lowest BCUT2D eigenvalue weighted by atomic mass is 9.97. The highest BCUT2D eigenvalue weighted by molar-refractivity contribution is 5.88. The topological polar surface area (TPSA) is 387 Å². The van der Waals surface area contributed by atoms with Gasteiger partial charge in [-0.2, -0.15) is 0 Å². The molecule has 2 aromatic carbocycles. The number of fused-ring (bicyclic) bond motifs is 1. The zero-order valence-corrected chi connectivity index (χ0v) is 33.3. The summed E-state index contributed by atoms with van der Waals surface area (Å²) >= 11 is 0. The molecule has 63 heavy (non-hydrogen) atoms. The van der Waals surface area contributed by atoms with Crippen LogP contribution in [0.4, 0.5) is 0 Å². The van der Waals surface area contributed by atoms with Gasteiger partial charge in [0.1, 0.15) is 108 Å². The molecule has 1 aromatic heterocycles. The summed E-state index contributed by atoms with van der Waals surface area (Å²) in [5, 5.41) is 147. The van der Waals surface area contributed by atoms with Crippen LogP contribution >= 0.6 is 0 Å². The minimum atomic E-state index is -2.07. The predicted molar refractivity (Wildman–Crippen MR) is 202 cm³/mol. The van der Waals surface area contributed by atoms with E-state index in [4.69, 9.17) is 42.3 Å². The molecule has 350 valence electrons. The van der Waals surface area contributed by atoms with Crippen LogP contribution in [0.5, 0.6) is 23.0 Å². The first-order valence-electron chi connectivity index (χ1n) is 19.8. The second-order valence-electron chi connectivity index (χ2n) is 15.7. The number of phenols is 2. The fraction of sp³-hybridized carbons (Fsp3) is 0.615. The van der Waals surface area contributed by atoms with Crippen molar-refractivity contribution in [3.8, 4) is 34.3 Å². The van der Waals surface area contributed by atoms with Crippen LogP contribution in [0.1, 0.15) is 13.8 Å². The molecule has 0 aliphatic carbocycles. The van der Waals surface area contributed by atoms with Crippen LogP contribution in [0.25, 0.3) is 22.3 Å². The standard InChI is InChI=1S/C39H50O24/c1-11-21(43)26(48)30(52)36(56-11)55-10-19-24(46)29(51)35(63-37-31(53)27(49)22(44)12(2)57-37)39(61-19)62-34-25(47)20-16(42)7-15(58-38-32(54)28(50)23(45)18(9-40)60-38)8-17(20)59-33(34)13-3-5-14(41)6-4-13/h3-8,11-12,18-19,21-24,26-32,35-46,48-54H,9-10H2,1-2H3/t11-,12-,18-,19+,21-,22-,23+,24-,26-,27+,28-,29-,30+,31+,32-,35+,36+,37+,38+,39-/m0/s1. The lowest BCUT2D eigenvalue weighted by Crippen LogP contribution is -2.65. The number of hydrogen-bond acceptors (Lipinski definition) is 24. The molecule has 0 spiro atoms. The Morgan fingerprint density at radius 1 is 0.587 bits per heavy atom. The fourth-order valence-corrected chi connectivity index (χ4v) is 7.56. The molecule has 7 rings (SSSR count). The summed E-state index contributed by atoms with van der Waals surface area (Å²) in [5.74, 6) is -2.50. The normalized spacial score (nSPS) is 41.0. The summed E-state index contributed by atoms with van der Waals surface area (Å²) in [6, 6.07) is 7.03. The number of phenolic OH excluding ortho intramolecular Hbond substituents is 2. The van der Waals surface area contributed by atoms with Gasteiger partial charge in [0, 0.05) is 17.7 Å². The summed E-state index contributed by atoms with van der Waals surface area (Å²) in [7, 11) is 0. The second kappa shape index (κ2) is 18.9. The molecular weight excluding hydrogens is 852 g/mol. The van der Waals surface area contributed by atoms with Gasteiger partial charge in [0.2, 0.25) is 23.8 Å². The van der Waals surface area contributed by atoms with Crippen molar-refractivity contribution >= 4 is 11.0 Å². The minimum absolute atomic E-state index is 0.0468. The third kappa shape index (κ3) is 9.19. The van der Waals surface area contributed by atoms with Gasteiger partial charge in [0.15, 0.2) is 24.4 Å². The number of hydrogen-bond donors (Lipinski definition) is 14. The Hall–Kier alpha value is -3.87. The van der Waals surface area contributed by atoms with Crippen molar-refractivity contribution in [2.24, 2.45) is 0 Å².